The quantitative estimate of drug-likeness (QED) is 0.768. The Morgan fingerprint density at radius 2 is 2.00 bits per heavy atom. The minimum absolute atomic E-state index is 0.204. The van der Waals surface area contributed by atoms with E-state index in [1.54, 1.807) is 6.07 Å². The predicted molar refractivity (Wildman–Crippen MR) is 57.1 cm³/mol. The summed E-state index contributed by atoms with van der Waals surface area (Å²) in [6, 6.07) is 5.11. The third-order valence-electron chi connectivity index (χ3n) is 3.04. The molecule has 0 atom stereocenters. The molecule has 82 valence electrons. The predicted octanol–water partition coefficient (Wildman–Crippen LogP) is 2.10. The third kappa shape index (κ3) is 2.03. The van der Waals surface area contributed by atoms with Crippen molar-refractivity contribution in [3.05, 3.63) is 35.1 Å². The summed E-state index contributed by atoms with van der Waals surface area (Å²) >= 11 is 0. The van der Waals surface area contributed by atoms with E-state index in [0.29, 0.717) is 31.6 Å². The smallest absolute Gasteiger partial charge is 0.128 e. The van der Waals surface area contributed by atoms with E-state index in [1.807, 2.05) is 13.0 Å². The zero-order chi connectivity index (χ0) is 10.9. The number of benzene rings is 1. The molecule has 1 heterocycles. The van der Waals surface area contributed by atoms with Gasteiger partial charge >= 0.3 is 0 Å². The Balaban J connectivity index is 2.38. The first-order chi connectivity index (χ1) is 7.12. The fraction of sp³-hybridized carbons (Fsp3) is 0.500. The fourth-order valence-electron chi connectivity index (χ4n) is 2.03. The highest BCUT2D eigenvalue weighted by atomic mass is 19.1. The molecule has 1 aromatic carbocycles. The summed E-state index contributed by atoms with van der Waals surface area (Å²) in [7, 11) is 0. The van der Waals surface area contributed by atoms with Crippen LogP contribution in [0.3, 0.4) is 0 Å². The summed E-state index contributed by atoms with van der Waals surface area (Å²) in [5.41, 5.74) is 7.36. The summed E-state index contributed by atoms with van der Waals surface area (Å²) in [6.45, 7) is 3.18. The van der Waals surface area contributed by atoms with Gasteiger partial charge in [0.05, 0.1) is 0 Å². The Hall–Kier alpha value is -0.930. The van der Waals surface area contributed by atoms with Crippen molar-refractivity contribution < 1.29 is 9.13 Å². The standard InChI is InChI=1S/C12H16FNO/c1-9-2-3-11(13)10(8-9)12(14)4-6-15-7-5-12/h2-3,8H,4-7,14H2,1H3. The van der Waals surface area contributed by atoms with Crippen LogP contribution in [0.1, 0.15) is 24.0 Å². The first kappa shape index (κ1) is 10.6. The lowest BCUT2D eigenvalue weighted by molar-refractivity contribution is 0.0510. The SMILES string of the molecule is Cc1ccc(F)c(C2(N)CCOCC2)c1. The van der Waals surface area contributed by atoms with Crippen molar-refractivity contribution in [3.8, 4) is 0 Å². The fourth-order valence-corrected chi connectivity index (χ4v) is 2.03. The first-order valence-corrected chi connectivity index (χ1v) is 5.25. The molecular formula is C12H16FNO. The summed E-state index contributed by atoms with van der Waals surface area (Å²) < 4.78 is 18.9. The van der Waals surface area contributed by atoms with Gasteiger partial charge in [0.15, 0.2) is 0 Å². The van der Waals surface area contributed by atoms with Crippen molar-refractivity contribution in [2.45, 2.75) is 25.3 Å². The van der Waals surface area contributed by atoms with Crippen LogP contribution in [0, 0.1) is 12.7 Å². The van der Waals surface area contributed by atoms with E-state index < -0.39 is 5.54 Å². The van der Waals surface area contributed by atoms with E-state index in [1.165, 1.54) is 6.07 Å². The van der Waals surface area contributed by atoms with Crippen molar-refractivity contribution in [2.24, 2.45) is 5.73 Å². The Bertz CT molecular complexity index is 359. The second-order valence-corrected chi connectivity index (χ2v) is 4.25. The highest BCUT2D eigenvalue weighted by Gasteiger charge is 2.32. The Morgan fingerprint density at radius 3 is 2.67 bits per heavy atom. The average Bonchev–Trinajstić information content (AvgIpc) is 2.23. The van der Waals surface area contributed by atoms with Gasteiger partial charge in [-0.05, 0) is 25.8 Å². The van der Waals surface area contributed by atoms with Crippen molar-refractivity contribution in [1.29, 1.82) is 0 Å². The molecule has 3 heteroatoms. The maximum Gasteiger partial charge on any atom is 0.128 e. The zero-order valence-corrected chi connectivity index (χ0v) is 8.92. The van der Waals surface area contributed by atoms with E-state index in [4.69, 9.17) is 10.5 Å². The van der Waals surface area contributed by atoms with Crippen molar-refractivity contribution >= 4 is 0 Å². The molecule has 0 aromatic heterocycles. The summed E-state index contributed by atoms with van der Waals surface area (Å²) in [4.78, 5) is 0. The van der Waals surface area contributed by atoms with E-state index in [0.717, 1.165) is 5.56 Å². The van der Waals surface area contributed by atoms with Gasteiger partial charge in [-0.15, -0.1) is 0 Å². The van der Waals surface area contributed by atoms with Crippen LogP contribution in [0.15, 0.2) is 18.2 Å². The minimum Gasteiger partial charge on any atom is -0.381 e. The molecule has 0 saturated carbocycles. The van der Waals surface area contributed by atoms with Gasteiger partial charge in [-0.25, -0.2) is 4.39 Å². The molecule has 2 nitrogen and oxygen atoms in total. The van der Waals surface area contributed by atoms with Crippen LogP contribution < -0.4 is 5.73 Å². The van der Waals surface area contributed by atoms with Crippen LogP contribution in [-0.2, 0) is 10.3 Å². The molecule has 2 rings (SSSR count). The molecule has 0 aliphatic carbocycles. The van der Waals surface area contributed by atoms with Crippen LogP contribution in [-0.4, -0.2) is 13.2 Å². The van der Waals surface area contributed by atoms with Gasteiger partial charge in [0.1, 0.15) is 5.82 Å². The maximum absolute atomic E-state index is 13.7. The molecule has 0 spiro atoms. The summed E-state index contributed by atoms with van der Waals surface area (Å²) in [5.74, 6) is -0.204. The highest BCUT2D eigenvalue weighted by molar-refractivity contribution is 5.30. The van der Waals surface area contributed by atoms with Gasteiger partial charge < -0.3 is 10.5 Å². The van der Waals surface area contributed by atoms with Gasteiger partial charge in [-0.3, -0.25) is 0 Å². The Labute approximate surface area is 89.2 Å². The normalized spacial score (nSPS) is 20.2. The number of ether oxygens (including phenoxy) is 1. The van der Waals surface area contributed by atoms with E-state index in [9.17, 15) is 4.39 Å². The molecular weight excluding hydrogens is 193 g/mol. The van der Waals surface area contributed by atoms with Crippen LogP contribution in [0.2, 0.25) is 0 Å². The molecule has 0 bridgehead atoms. The second-order valence-electron chi connectivity index (χ2n) is 4.25. The van der Waals surface area contributed by atoms with Crippen LogP contribution >= 0.6 is 0 Å². The Kier molecular flexibility index (Phi) is 2.76. The highest BCUT2D eigenvalue weighted by Crippen LogP contribution is 2.31. The first-order valence-electron chi connectivity index (χ1n) is 5.25. The van der Waals surface area contributed by atoms with Gasteiger partial charge in [0.2, 0.25) is 0 Å². The number of halogens is 1. The van der Waals surface area contributed by atoms with Gasteiger partial charge in [0, 0.05) is 24.3 Å². The van der Waals surface area contributed by atoms with Crippen LogP contribution in [0.5, 0.6) is 0 Å². The Morgan fingerprint density at radius 1 is 1.33 bits per heavy atom. The lowest BCUT2D eigenvalue weighted by Crippen LogP contribution is -2.42. The summed E-state index contributed by atoms with van der Waals surface area (Å²) in [5, 5.41) is 0. The zero-order valence-electron chi connectivity index (χ0n) is 8.92. The van der Waals surface area contributed by atoms with Gasteiger partial charge in [0.25, 0.3) is 0 Å². The molecule has 0 amide bonds. The number of rotatable bonds is 1. The van der Waals surface area contributed by atoms with E-state index in [2.05, 4.69) is 0 Å². The number of hydrogen-bond acceptors (Lipinski definition) is 2. The van der Waals surface area contributed by atoms with Crippen LogP contribution in [0.25, 0.3) is 0 Å². The lowest BCUT2D eigenvalue weighted by Gasteiger charge is -2.34. The lowest BCUT2D eigenvalue weighted by atomic mass is 9.83. The van der Waals surface area contributed by atoms with Crippen molar-refractivity contribution in [1.82, 2.24) is 0 Å². The van der Waals surface area contributed by atoms with E-state index in [-0.39, 0.29) is 5.82 Å². The maximum atomic E-state index is 13.7. The molecule has 2 N–H and O–H groups in total. The van der Waals surface area contributed by atoms with Gasteiger partial charge in [-0.2, -0.15) is 0 Å². The molecule has 15 heavy (non-hydrogen) atoms. The topological polar surface area (TPSA) is 35.2 Å². The van der Waals surface area contributed by atoms with Crippen molar-refractivity contribution in [3.63, 3.8) is 0 Å². The molecule has 1 aliphatic rings. The van der Waals surface area contributed by atoms with E-state index >= 15 is 0 Å². The minimum atomic E-state index is -0.547. The molecule has 1 fully saturated rings. The van der Waals surface area contributed by atoms with Crippen molar-refractivity contribution in [2.75, 3.05) is 13.2 Å². The number of aryl methyl sites for hydroxylation is 1. The average molecular weight is 209 g/mol. The monoisotopic (exact) mass is 209 g/mol. The molecule has 1 saturated heterocycles. The largest absolute Gasteiger partial charge is 0.381 e. The molecule has 0 unspecified atom stereocenters. The second kappa shape index (κ2) is 3.91. The number of hydrogen-bond donors (Lipinski definition) is 1. The molecule has 1 aromatic rings. The molecule has 0 radical (unpaired) electrons. The third-order valence-corrected chi connectivity index (χ3v) is 3.04. The van der Waals surface area contributed by atoms with Gasteiger partial charge in [-0.1, -0.05) is 17.7 Å². The van der Waals surface area contributed by atoms with Crippen LogP contribution in [0.4, 0.5) is 4.39 Å². The summed E-state index contributed by atoms with van der Waals surface area (Å²) in [6.07, 6.45) is 1.38. The molecule has 1 aliphatic heterocycles. The number of nitrogens with two attached hydrogens (primary N) is 1.